The van der Waals surface area contributed by atoms with Crippen molar-refractivity contribution < 1.29 is 18.8 Å². The molecule has 0 aliphatic carbocycles. The van der Waals surface area contributed by atoms with Crippen LogP contribution in [0, 0.1) is 0 Å². The maximum absolute atomic E-state index is 13.2. The summed E-state index contributed by atoms with van der Waals surface area (Å²) in [4.78, 5) is 46.1. The van der Waals surface area contributed by atoms with Gasteiger partial charge in [0.05, 0.1) is 34.2 Å². The first kappa shape index (κ1) is 19.2. The van der Waals surface area contributed by atoms with Crippen molar-refractivity contribution in [1.29, 1.82) is 0 Å². The lowest BCUT2D eigenvalue weighted by molar-refractivity contribution is 0.0631. The molecule has 0 saturated carbocycles. The minimum atomic E-state index is -0.436. The van der Waals surface area contributed by atoms with E-state index in [1.807, 2.05) is 31.2 Å². The Balaban J connectivity index is 1.45. The molecule has 3 amide bonds. The van der Waals surface area contributed by atoms with Crippen molar-refractivity contribution in [2.75, 3.05) is 11.4 Å². The summed E-state index contributed by atoms with van der Waals surface area (Å²) in [6.45, 7) is 2.35. The molecule has 2 aromatic heterocycles. The summed E-state index contributed by atoms with van der Waals surface area (Å²) in [6.07, 6.45) is 1.49. The second-order valence-corrected chi connectivity index (χ2v) is 8.06. The number of carbonyl (C=O) groups excluding carboxylic acids is 3. The number of anilines is 1. The van der Waals surface area contributed by atoms with E-state index in [1.165, 1.54) is 29.7 Å². The van der Waals surface area contributed by atoms with Crippen LogP contribution < -0.4 is 4.90 Å². The molecule has 3 heterocycles. The molecule has 0 radical (unpaired) electrons. The van der Waals surface area contributed by atoms with Gasteiger partial charge in [0.15, 0.2) is 5.13 Å². The Morgan fingerprint density at radius 2 is 1.87 bits per heavy atom. The molecule has 4 aromatic rings. The number of hydrogen-bond acceptors (Lipinski definition) is 6. The molecular formula is C23H17N3O4S. The summed E-state index contributed by atoms with van der Waals surface area (Å²) < 4.78 is 6.25. The fourth-order valence-electron chi connectivity index (χ4n) is 3.62. The van der Waals surface area contributed by atoms with Crippen LogP contribution in [0.4, 0.5) is 5.13 Å². The van der Waals surface area contributed by atoms with Gasteiger partial charge < -0.3 is 4.42 Å². The van der Waals surface area contributed by atoms with E-state index in [1.54, 1.807) is 23.1 Å². The quantitative estimate of drug-likeness (QED) is 0.439. The number of fused-ring (bicyclic) bond motifs is 2. The molecule has 31 heavy (non-hydrogen) atoms. The number of amides is 3. The van der Waals surface area contributed by atoms with E-state index >= 15 is 0 Å². The van der Waals surface area contributed by atoms with Crippen LogP contribution in [0.2, 0.25) is 0 Å². The minimum absolute atomic E-state index is 0.0510. The van der Waals surface area contributed by atoms with E-state index in [0.29, 0.717) is 23.0 Å². The van der Waals surface area contributed by atoms with Crippen LogP contribution in [-0.2, 0) is 6.54 Å². The third-order valence-corrected chi connectivity index (χ3v) is 6.25. The highest BCUT2D eigenvalue weighted by atomic mass is 32.1. The Morgan fingerprint density at radius 1 is 1.06 bits per heavy atom. The topological polar surface area (TPSA) is 83.7 Å². The lowest BCUT2D eigenvalue weighted by atomic mass is 10.0. The maximum atomic E-state index is 13.2. The van der Waals surface area contributed by atoms with Crippen LogP contribution in [0.15, 0.2) is 65.3 Å². The normalized spacial score (nSPS) is 13.1. The Kier molecular flexibility index (Phi) is 4.63. The van der Waals surface area contributed by atoms with Crippen molar-refractivity contribution in [3.63, 3.8) is 0 Å². The fraction of sp³-hybridized carbons (Fsp3) is 0.130. The highest BCUT2D eigenvalue weighted by Crippen LogP contribution is 2.31. The van der Waals surface area contributed by atoms with Crippen molar-refractivity contribution >= 4 is 44.4 Å². The summed E-state index contributed by atoms with van der Waals surface area (Å²) in [6, 6.07) is 15.7. The molecule has 0 atom stereocenters. The van der Waals surface area contributed by atoms with Gasteiger partial charge in [-0.2, -0.15) is 0 Å². The molecule has 0 N–H and O–H groups in total. The van der Waals surface area contributed by atoms with Gasteiger partial charge >= 0.3 is 0 Å². The summed E-state index contributed by atoms with van der Waals surface area (Å²) in [5, 5.41) is 0.594. The number of hydrogen-bond donors (Lipinski definition) is 0. The van der Waals surface area contributed by atoms with Gasteiger partial charge in [0.1, 0.15) is 5.76 Å². The number of rotatable bonds is 5. The number of para-hydroxylation sites is 1. The van der Waals surface area contributed by atoms with Crippen molar-refractivity contribution in [3.8, 4) is 0 Å². The number of imide groups is 1. The number of aromatic nitrogens is 1. The smallest absolute Gasteiger partial charge is 0.261 e. The molecule has 8 heteroatoms. The van der Waals surface area contributed by atoms with Crippen molar-refractivity contribution in [3.05, 3.63) is 83.3 Å². The van der Waals surface area contributed by atoms with E-state index in [4.69, 9.17) is 4.42 Å². The van der Waals surface area contributed by atoms with Crippen LogP contribution in [0.1, 0.15) is 43.8 Å². The first-order chi connectivity index (χ1) is 15.1. The van der Waals surface area contributed by atoms with Crippen molar-refractivity contribution in [1.82, 2.24) is 9.88 Å². The zero-order valence-electron chi connectivity index (χ0n) is 16.6. The average Bonchev–Trinajstić information content (AvgIpc) is 3.50. The molecule has 0 saturated heterocycles. The third-order valence-electron chi connectivity index (χ3n) is 5.19. The molecule has 5 rings (SSSR count). The van der Waals surface area contributed by atoms with Gasteiger partial charge in [0.2, 0.25) is 0 Å². The molecule has 0 bridgehead atoms. The van der Waals surface area contributed by atoms with Crippen molar-refractivity contribution in [2.24, 2.45) is 0 Å². The second-order valence-electron chi connectivity index (χ2n) is 7.05. The predicted molar refractivity (Wildman–Crippen MR) is 116 cm³/mol. The highest BCUT2D eigenvalue weighted by molar-refractivity contribution is 7.22. The lowest BCUT2D eigenvalue weighted by Crippen LogP contribution is -2.30. The molecule has 1 aliphatic heterocycles. The largest absolute Gasteiger partial charge is 0.467 e. The lowest BCUT2D eigenvalue weighted by Gasteiger charge is -2.17. The summed E-state index contributed by atoms with van der Waals surface area (Å²) in [5.41, 5.74) is 1.68. The highest BCUT2D eigenvalue weighted by Gasteiger charge is 2.37. The van der Waals surface area contributed by atoms with Crippen LogP contribution in [-0.4, -0.2) is 34.2 Å². The SMILES string of the molecule is CCN(C(=O)c1ccc2c(c1)C(=O)N(Cc1ccco1)C2=O)c1nc2ccccc2s1. The van der Waals surface area contributed by atoms with Gasteiger partial charge in [-0.05, 0) is 49.4 Å². The molecular weight excluding hydrogens is 414 g/mol. The number of nitrogens with zero attached hydrogens (tertiary/aromatic N) is 3. The Bertz CT molecular complexity index is 1290. The first-order valence-corrected chi connectivity index (χ1v) is 10.6. The van der Waals surface area contributed by atoms with E-state index in [-0.39, 0.29) is 23.6 Å². The van der Waals surface area contributed by atoms with Gasteiger partial charge in [-0.3, -0.25) is 24.2 Å². The monoisotopic (exact) mass is 431 g/mol. The number of carbonyl (C=O) groups is 3. The number of benzene rings is 2. The molecule has 7 nitrogen and oxygen atoms in total. The zero-order valence-corrected chi connectivity index (χ0v) is 17.4. The maximum Gasteiger partial charge on any atom is 0.261 e. The number of furan rings is 1. The van der Waals surface area contributed by atoms with E-state index in [9.17, 15) is 14.4 Å². The first-order valence-electron chi connectivity index (χ1n) is 9.77. The van der Waals surface area contributed by atoms with Gasteiger partial charge in [-0.15, -0.1) is 0 Å². The fourth-order valence-corrected chi connectivity index (χ4v) is 4.65. The Hall–Kier alpha value is -3.78. The average molecular weight is 431 g/mol. The minimum Gasteiger partial charge on any atom is -0.467 e. The Morgan fingerprint density at radius 3 is 2.61 bits per heavy atom. The van der Waals surface area contributed by atoms with Crippen LogP contribution in [0.3, 0.4) is 0 Å². The third kappa shape index (κ3) is 3.21. The van der Waals surface area contributed by atoms with Crippen molar-refractivity contribution in [2.45, 2.75) is 13.5 Å². The molecule has 154 valence electrons. The number of thiazole rings is 1. The molecule has 0 unspecified atom stereocenters. The van der Waals surface area contributed by atoms with Crippen LogP contribution in [0.5, 0.6) is 0 Å². The van der Waals surface area contributed by atoms with E-state index in [2.05, 4.69) is 4.98 Å². The van der Waals surface area contributed by atoms with E-state index in [0.717, 1.165) is 15.1 Å². The molecule has 1 aliphatic rings. The zero-order chi connectivity index (χ0) is 21.5. The van der Waals surface area contributed by atoms with Crippen LogP contribution >= 0.6 is 11.3 Å². The van der Waals surface area contributed by atoms with Gasteiger partial charge in [-0.25, -0.2) is 4.98 Å². The van der Waals surface area contributed by atoms with Gasteiger partial charge in [0, 0.05) is 12.1 Å². The van der Waals surface area contributed by atoms with Gasteiger partial charge in [-0.1, -0.05) is 23.5 Å². The standard InChI is InChI=1S/C23H17N3O4S/c1-2-25(23-24-18-7-3-4-8-19(18)31-23)20(27)14-9-10-16-17(12-14)22(29)26(21(16)28)13-15-6-5-11-30-15/h3-12H,2,13H2,1H3. The summed E-state index contributed by atoms with van der Waals surface area (Å²) >= 11 is 1.44. The molecule has 0 spiro atoms. The molecule has 0 fully saturated rings. The summed E-state index contributed by atoms with van der Waals surface area (Å²) in [5.74, 6) is -0.587. The Labute approximate surface area is 181 Å². The van der Waals surface area contributed by atoms with Gasteiger partial charge in [0.25, 0.3) is 17.7 Å². The summed E-state index contributed by atoms with van der Waals surface area (Å²) in [7, 11) is 0. The van der Waals surface area contributed by atoms with Crippen LogP contribution in [0.25, 0.3) is 10.2 Å². The molecule has 2 aromatic carbocycles. The van der Waals surface area contributed by atoms with E-state index < -0.39 is 11.8 Å². The second kappa shape index (κ2) is 7.48. The predicted octanol–water partition coefficient (Wildman–Crippen LogP) is 4.35.